The predicted octanol–water partition coefficient (Wildman–Crippen LogP) is 5.33. The first-order valence-corrected chi connectivity index (χ1v) is 7.50. The third-order valence-electron chi connectivity index (χ3n) is 3.16. The highest BCUT2D eigenvalue weighted by Gasteiger charge is 2.14. The summed E-state index contributed by atoms with van der Waals surface area (Å²) in [6.07, 6.45) is 0. The highest BCUT2D eigenvalue weighted by molar-refractivity contribution is 6.32. The quantitative estimate of drug-likeness (QED) is 0.824. The molecule has 112 valence electrons. The summed E-state index contributed by atoms with van der Waals surface area (Å²) >= 11 is 6.33. The van der Waals surface area contributed by atoms with E-state index in [-0.39, 0.29) is 5.54 Å². The summed E-state index contributed by atoms with van der Waals surface area (Å²) in [6, 6.07) is 13.8. The normalized spacial score (nSPS) is 11.5. The van der Waals surface area contributed by atoms with Crippen LogP contribution in [0.3, 0.4) is 0 Å². The monoisotopic (exact) mass is 303 g/mol. The fraction of sp³-hybridized carbons (Fsp3) is 0.333. The number of para-hydroxylation sites is 2. The Kier molecular flexibility index (Phi) is 4.92. The number of nitrogens with one attached hydrogen (secondary N) is 1. The zero-order valence-corrected chi connectivity index (χ0v) is 13.8. The second-order valence-electron chi connectivity index (χ2n) is 6.20. The molecule has 1 N–H and O–H groups in total. The zero-order chi connectivity index (χ0) is 15.5. The van der Waals surface area contributed by atoms with E-state index in [0.29, 0.717) is 11.6 Å². The van der Waals surface area contributed by atoms with Gasteiger partial charge in [0.05, 0.1) is 5.02 Å². The molecular formula is C18H22ClNO. The zero-order valence-electron chi connectivity index (χ0n) is 13.0. The van der Waals surface area contributed by atoms with E-state index < -0.39 is 0 Å². The van der Waals surface area contributed by atoms with Crippen molar-refractivity contribution in [3.63, 3.8) is 0 Å². The SMILES string of the molecule is Cc1ccccc1Oc1c(Cl)cccc1CNC(C)(C)C. The van der Waals surface area contributed by atoms with Crippen LogP contribution in [0.1, 0.15) is 31.9 Å². The summed E-state index contributed by atoms with van der Waals surface area (Å²) in [5, 5.41) is 4.10. The molecule has 0 radical (unpaired) electrons. The average molecular weight is 304 g/mol. The molecule has 0 fully saturated rings. The van der Waals surface area contributed by atoms with Crippen molar-refractivity contribution in [2.75, 3.05) is 0 Å². The van der Waals surface area contributed by atoms with E-state index >= 15 is 0 Å². The van der Waals surface area contributed by atoms with Gasteiger partial charge in [0.2, 0.25) is 0 Å². The molecule has 0 saturated heterocycles. The second-order valence-corrected chi connectivity index (χ2v) is 6.61. The summed E-state index contributed by atoms with van der Waals surface area (Å²) < 4.78 is 6.06. The maximum absolute atomic E-state index is 6.33. The van der Waals surface area contributed by atoms with Crippen LogP contribution in [0.4, 0.5) is 0 Å². The Balaban J connectivity index is 2.28. The Hall–Kier alpha value is -1.51. The minimum Gasteiger partial charge on any atom is -0.455 e. The van der Waals surface area contributed by atoms with Crippen molar-refractivity contribution in [1.29, 1.82) is 0 Å². The largest absolute Gasteiger partial charge is 0.455 e. The van der Waals surface area contributed by atoms with Gasteiger partial charge in [-0.3, -0.25) is 0 Å². The third-order valence-corrected chi connectivity index (χ3v) is 3.46. The van der Waals surface area contributed by atoms with Crippen LogP contribution in [0, 0.1) is 6.92 Å². The average Bonchev–Trinajstić information content (AvgIpc) is 2.41. The maximum atomic E-state index is 6.33. The van der Waals surface area contributed by atoms with E-state index in [9.17, 15) is 0 Å². The molecule has 0 aliphatic carbocycles. The van der Waals surface area contributed by atoms with Crippen LogP contribution in [-0.2, 0) is 6.54 Å². The van der Waals surface area contributed by atoms with Gasteiger partial charge in [0.25, 0.3) is 0 Å². The molecule has 2 rings (SSSR count). The van der Waals surface area contributed by atoms with Gasteiger partial charge < -0.3 is 10.1 Å². The van der Waals surface area contributed by atoms with Crippen LogP contribution >= 0.6 is 11.6 Å². The first-order chi connectivity index (χ1) is 9.87. The van der Waals surface area contributed by atoms with Gasteiger partial charge in [0.15, 0.2) is 5.75 Å². The van der Waals surface area contributed by atoms with E-state index in [1.54, 1.807) is 0 Å². The highest BCUT2D eigenvalue weighted by atomic mass is 35.5. The van der Waals surface area contributed by atoms with Crippen LogP contribution in [0.5, 0.6) is 11.5 Å². The molecule has 0 spiro atoms. The summed E-state index contributed by atoms with van der Waals surface area (Å²) in [6.45, 7) is 9.16. The lowest BCUT2D eigenvalue weighted by Crippen LogP contribution is -2.35. The van der Waals surface area contributed by atoms with Crippen LogP contribution < -0.4 is 10.1 Å². The fourth-order valence-electron chi connectivity index (χ4n) is 1.95. The molecule has 2 nitrogen and oxygen atoms in total. The molecule has 0 heterocycles. The predicted molar refractivity (Wildman–Crippen MR) is 89.3 cm³/mol. The fourth-order valence-corrected chi connectivity index (χ4v) is 2.18. The second kappa shape index (κ2) is 6.50. The molecule has 2 aromatic rings. The molecule has 0 saturated carbocycles. The summed E-state index contributed by atoms with van der Waals surface area (Å²) in [5.41, 5.74) is 2.19. The van der Waals surface area contributed by atoms with Crippen LogP contribution in [0.25, 0.3) is 0 Å². The van der Waals surface area contributed by atoms with E-state index in [2.05, 4.69) is 26.1 Å². The topological polar surface area (TPSA) is 21.3 Å². The van der Waals surface area contributed by atoms with E-state index in [1.807, 2.05) is 49.4 Å². The van der Waals surface area contributed by atoms with Gasteiger partial charge in [0, 0.05) is 17.6 Å². The molecule has 0 bridgehead atoms. The van der Waals surface area contributed by atoms with Crippen LogP contribution in [-0.4, -0.2) is 5.54 Å². The molecule has 0 aromatic heterocycles. The standard InChI is InChI=1S/C18H22ClNO/c1-13-8-5-6-11-16(13)21-17-14(9-7-10-15(17)19)12-20-18(2,3)4/h5-11,20H,12H2,1-4H3. The van der Waals surface area contributed by atoms with E-state index in [1.165, 1.54) is 0 Å². The Bertz CT molecular complexity index is 617. The summed E-state index contributed by atoms with van der Waals surface area (Å²) in [7, 11) is 0. The highest BCUT2D eigenvalue weighted by Crippen LogP contribution is 2.34. The number of hydrogen-bond acceptors (Lipinski definition) is 2. The molecule has 0 aliphatic heterocycles. The first kappa shape index (κ1) is 15.9. The molecule has 21 heavy (non-hydrogen) atoms. The molecular weight excluding hydrogens is 282 g/mol. The molecule has 0 amide bonds. The maximum Gasteiger partial charge on any atom is 0.150 e. The van der Waals surface area contributed by atoms with E-state index in [0.717, 1.165) is 22.6 Å². The number of benzene rings is 2. The van der Waals surface area contributed by atoms with Crippen molar-refractivity contribution in [3.8, 4) is 11.5 Å². The van der Waals surface area contributed by atoms with Crippen molar-refractivity contribution >= 4 is 11.6 Å². The molecule has 3 heteroatoms. The molecule has 0 aliphatic rings. The number of halogens is 1. The van der Waals surface area contributed by atoms with Gasteiger partial charge >= 0.3 is 0 Å². The van der Waals surface area contributed by atoms with Crippen LogP contribution in [0.15, 0.2) is 42.5 Å². The Morgan fingerprint density at radius 3 is 2.43 bits per heavy atom. The Labute approximate surface area is 132 Å². The molecule has 0 atom stereocenters. The van der Waals surface area contributed by atoms with Crippen molar-refractivity contribution < 1.29 is 4.74 Å². The van der Waals surface area contributed by atoms with Crippen LogP contribution in [0.2, 0.25) is 5.02 Å². The Morgan fingerprint density at radius 1 is 1.05 bits per heavy atom. The van der Waals surface area contributed by atoms with Gasteiger partial charge in [0.1, 0.15) is 5.75 Å². The number of aryl methyl sites for hydroxylation is 1. The van der Waals surface area contributed by atoms with Crippen molar-refractivity contribution in [1.82, 2.24) is 5.32 Å². The van der Waals surface area contributed by atoms with Gasteiger partial charge in [-0.1, -0.05) is 41.9 Å². The van der Waals surface area contributed by atoms with Gasteiger partial charge in [-0.05, 0) is 45.4 Å². The number of ether oxygens (including phenoxy) is 1. The van der Waals surface area contributed by atoms with Gasteiger partial charge in [-0.2, -0.15) is 0 Å². The lowest BCUT2D eigenvalue weighted by Gasteiger charge is -2.22. The van der Waals surface area contributed by atoms with Crippen molar-refractivity contribution in [2.45, 2.75) is 39.8 Å². The number of rotatable bonds is 4. The van der Waals surface area contributed by atoms with Gasteiger partial charge in [-0.15, -0.1) is 0 Å². The Morgan fingerprint density at radius 2 is 1.76 bits per heavy atom. The van der Waals surface area contributed by atoms with Crippen molar-refractivity contribution in [2.24, 2.45) is 0 Å². The summed E-state index contributed by atoms with van der Waals surface area (Å²) in [5.74, 6) is 1.56. The van der Waals surface area contributed by atoms with Gasteiger partial charge in [-0.25, -0.2) is 0 Å². The lowest BCUT2D eigenvalue weighted by molar-refractivity contribution is 0.414. The molecule has 0 unspecified atom stereocenters. The minimum atomic E-state index is 0.0439. The molecule has 2 aromatic carbocycles. The van der Waals surface area contributed by atoms with Crippen molar-refractivity contribution in [3.05, 3.63) is 58.6 Å². The van der Waals surface area contributed by atoms with E-state index in [4.69, 9.17) is 16.3 Å². The number of hydrogen-bond donors (Lipinski definition) is 1. The first-order valence-electron chi connectivity index (χ1n) is 7.13. The smallest absolute Gasteiger partial charge is 0.150 e. The summed E-state index contributed by atoms with van der Waals surface area (Å²) in [4.78, 5) is 0. The lowest BCUT2D eigenvalue weighted by atomic mass is 10.1. The third kappa shape index (κ3) is 4.48. The minimum absolute atomic E-state index is 0.0439.